The SMILES string of the molecule is NC(=O)C(N)CCN1CCC(Cc2ccccc2)CC1. The maximum atomic E-state index is 10.9. The summed E-state index contributed by atoms with van der Waals surface area (Å²) in [6.45, 7) is 3.08. The molecular formula is C16H25N3O. The minimum Gasteiger partial charge on any atom is -0.368 e. The van der Waals surface area contributed by atoms with Crippen LogP contribution in [0.1, 0.15) is 24.8 Å². The number of piperidine rings is 1. The first-order valence-electron chi connectivity index (χ1n) is 7.46. The first-order chi connectivity index (χ1) is 9.65. The van der Waals surface area contributed by atoms with E-state index in [1.165, 1.54) is 24.8 Å². The monoisotopic (exact) mass is 275 g/mol. The first-order valence-corrected chi connectivity index (χ1v) is 7.46. The van der Waals surface area contributed by atoms with E-state index in [-0.39, 0.29) is 0 Å². The fourth-order valence-corrected chi connectivity index (χ4v) is 2.83. The van der Waals surface area contributed by atoms with Crippen molar-refractivity contribution in [1.29, 1.82) is 0 Å². The Labute approximate surface area is 121 Å². The van der Waals surface area contributed by atoms with Gasteiger partial charge in [-0.3, -0.25) is 4.79 Å². The van der Waals surface area contributed by atoms with Gasteiger partial charge in [0.2, 0.25) is 5.91 Å². The average molecular weight is 275 g/mol. The minimum absolute atomic E-state index is 0.399. The highest BCUT2D eigenvalue weighted by Gasteiger charge is 2.20. The van der Waals surface area contributed by atoms with Crippen LogP contribution in [0.2, 0.25) is 0 Å². The Balaban J connectivity index is 1.69. The summed E-state index contributed by atoms with van der Waals surface area (Å²) in [6.07, 6.45) is 4.29. The first kappa shape index (κ1) is 15.0. The number of carbonyl (C=O) groups excluding carboxylic acids is 1. The van der Waals surface area contributed by atoms with Gasteiger partial charge in [0.1, 0.15) is 0 Å². The maximum Gasteiger partial charge on any atom is 0.234 e. The van der Waals surface area contributed by atoms with Crippen LogP contribution in [-0.2, 0) is 11.2 Å². The van der Waals surface area contributed by atoms with Crippen molar-refractivity contribution in [2.45, 2.75) is 31.7 Å². The number of benzene rings is 1. The lowest BCUT2D eigenvalue weighted by Gasteiger charge is -2.32. The Morgan fingerprint density at radius 1 is 1.25 bits per heavy atom. The zero-order valence-electron chi connectivity index (χ0n) is 12.0. The molecule has 4 N–H and O–H groups in total. The van der Waals surface area contributed by atoms with E-state index in [0.29, 0.717) is 6.42 Å². The van der Waals surface area contributed by atoms with E-state index in [0.717, 1.165) is 25.6 Å². The van der Waals surface area contributed by atoms with E-state index < -0.39 is 11.9 Å². The molecule has 1 aromatic rings. The van der Waals surface area contributed by atoms with Crippen molar-refractivity contribution in [1.82, 2.24) is 4.90 Å². The van der Waals surface area contributed by atoms with Gasteiger partial charge >= 0.3 is 0 Å². The molecule has 1 heterocycles. The summed E-state index contributed by atoms with van der Waals surface area (Å²) in [7, 11) is 0. The summed E-state index contributed by atoms with van der Waals surface area (Å²) in [5.41, 5.74) is 12.3. The van der Waals surface area contributed by atoms with Gasteiger partial charge in [0.25, 0.3) is 0 Å². The van der Waals surface area contributed by atoms with Crippen LogP contribution in [0.25, 0.3) is 0 Å². The molecule has 2 rings (SSSR count). The van der Waals surface area contributed by atoms with E-state index in [4.69, 9.17) is 11.5 Å². The molecule has 0 aliphatic carbocycles. The molecule has 1 aliphatic rings. The van der Waals surface area contributed by atoms with E-state index in [2.05, 4.69) is 35.2 Å². The second-order valence-electron chi connectivity index (χ2n) is 5.77. The van der Waals surface area contributed by atoms with Crippen molar-refractivity contribution in [3.8, 4) is 0 Å². The largest absolute Gasteiger partial charge is 0.368 e. The smallest absolute Gasteiger partial charge is 0.234 e. The summed E-state index contributed by atoms with van der Waals surface area (Å²) in [6, 6.07) is 10.2. The van der Waals surface area contributed by atoms with Crippen LogP contribution in [-0.4, -0.2) is 36.5 Å². The van der Waals surface area contributed by atoms with E-state index >= 15 is 0 Å². The molecule has 1 saturated heterocycles. The zero-order chi connectivity index (χ0) is 14.4. The molecule has 1 amide bonds. The lowest BCUT2D eigenvalue weighted by atomic mass is 9.90. The number of hydrogen-bond acceptors (Lipinski definition) is 3. The number of carbonyl (C=O) groups is 1. The van der Waals surface area contributed by atoms with Crippen molar-refractivity contribution in [3.05, 3.63) is 35.9 Å². The van der Waals surface area contributed by atoms with Gasteiger partial charge in [-0.1, -0.05) is 30.3 Å². The number of nitrogens with zero attached hydrogens (tertiary/aromatic N) is 1. The fraction of sp³-hybridized carbons (Fsp3) is 0.562. The molecule has 1 fully saturated rings. The topological polar surface area (TPSA) is 72.3 Å². The average Bonchev–Trinajstić information content (AvgIpc) is 2.47. The number of likely N-dealkylation sites (tertiary alicyclic amines) is 1. The number of amides is 1. The highest BCUT2D eigenvalue weighted by molar-refractivity contribution is 5.79. The molecule has 1 aromatic carbocycles. The Morgan fingerprint density at radius 2 is 1.90 bits per heavy atom. The fourth-order valence-electron chi connectivity index (χ4n) is 2.83. The Bertz CT molecular complexity index is 413. The molecule has 1 unspecified atom stereocenters. The van der Waals surface area contributed by atoms with Crippen LogP contribution in [0.15, 0.2) is 30.3 Å². The highest BCUT2D eigenvalue weighted by atomic mass is 16.1. The Kier molecular flexibility index (Phi) is 5.56. The lowest BCUT2D eigenvalue weighted by molar-refractivity contribution is -0.119. The summed E-state index contributed by atoms with van der Waals surface area (Å²) in [4.78, 5) is 13.3. The number of nitrogens with two attached hydrogens (primary N) is 2. The van der Waals surface area contributed by atoms with Crippen molar-refractivity contribution in [3.63, 3.8) is 0 Å². The quantitative estimate of drug-likeness (QED) is 0.818. The van der Waals surface area contributed by atoms with Gasteiger partial charge in [-0.25, -0.2) is 0 Å². The highest BCUT2D eigenvalue weighted by Crippen LogP contribution is 2.21. The predicted octanol–water partition coefficient (Wildman–Crippen LogP) is 1.14. The normalized spacial score (nSPS) is 18.9. The zero-order valence-corrected chi connectivity index (χ0v) is 12.0. The Morgan fingerprint density at radius 3 is 2.50 bits per heavy atom. The van der Waals surface area contributed by atoms with Gasteiger partial charge in [-0.15, -0.1) is 0 Å². The maximum absolute atomic E-state index is 10.9. The van der Waals surface area contributed by atoms with Gasteiger partial charge in [-0.05, 0) is 50.3 Å². The van der Waals surface area contributed by atoms with Crippen LogP contribution in [0.3, 0.4) is 0 Å². The second kappa shape index (κ2) is 7.41. The molecule has 0 bridgehead atoms. The number of primary amides is 1. The molecule has 20 heavy (non-hydrogen) atoms. The van der Waals surface area contributed by atoms with Crippen LogP contribution in [0.4, 0.5) is 0 Å². The van der Waals surface area contributed by atoms with E-state index in [1.807, 2.05) is 0 Å². The molecule has 0 aromatic heterocycles. The van der Waals surface area contributed by atoms with Gasteiger partial charge in [0.15, 0.2) is 0 Å². The molecule has 0 saturated carbocycles. The summed E-state index contributed by atoms with van der Waals surface area (Å²) in [5, 5.41) is 0. The van der Waals surface area contributed by atoms with Crippen molar-refractivity contribution < 1.29 is 4.79 Å². The van der Waals surface area contributed by atoms with Gasteiger partial charge in [0, 0.05) is 6.54 Å². The summed E-state index contributed by atoms with van der Waals surface area (Å²) >= 11 is 0. The van der Waals surface area contributed by atoms with Crippen molar-refractivity contribution in [2.75, 3.05) is 19.6 Å². The standard InChI is InChI=1S/C16H25N3O/c17-15(16(18)20)8-11-19-9-6-14(7-10-19)12-13-4-2-1-3-5-13/h1-5,14-15H,6-12,17H2,(H2,18,20). The molecule has 0 radical (unpaired) electrons. The Hall–Kier alpha value is -1.39. The minimum atomic E-state index is -0.503. The van der Waals surface area contributed by atoms with E-state index in [9.17, 15) is 4.79 Å². The number of rotatable bonds is 6. The van der Waals surface area contributed by atoms with Crippen LogP contribution in [0, 0.1) is 5.92 Å². The van der Waals surface area contributed by atoms with Crippen molar-refractivity contribution in [2.24, 2.45) is 17.4 Å². The van der Waals surface area contributed by atoms with Gasteiger partial charge in [-0.2, -0.15) is 0 Å². The van der Waals surface area contributed by atoms with Crippen LogP contribution in [0.5, 0.6) is 0 Å². The predicted molar refractivity (Wildman–Crippen MR) is 81.1 cm³/mol. The third-order valence-electron chi connectivity index (χ3n) is 4.20. The lowest BCUT2D eigenvalue weighted by Crippen LogP contribution is -2.41. The van der Waals surface area contributed by atoms with E-state index in [1.54, 1.807) is 0 Å². The number of hydrogen-bond donors (Lipinski definition) is 2. The molecule has 110 valence electrons. The molecule has 1 atom stereocenters. The second-order valence-corrected chi connectivity index (χ2v) is 5.77. The molecule has 1 aliphatic heterocycles. The third kappa shape index (κ3) is 4.62. The van der Waals surface area contributed by atoms with Gasteiger partial charge < -0.3 is 16.4 Å². The molecule has 4 heteroatoms. The van der Waals surface area contributed by atoms with Gasteiger partial charge in [0.05, 0.1) is 6.04 Å². The van der Waals surface area contributed by atoms with Crippen LogP contribution >= 0.6 is 0 Å². The van der Waals surface area contributed by atoms with Crippen molar-refractivity contribution >= 4 is 5.91 Å². The molecular weight excluding hydrogens is 250 g/mol. The molecule has 4 nitrogen and oxygen atoms in total. The van der Waals surface area contributed by atoms with Crippen LogP contribution < -0.4 is 11.5 Å². The summed E-state index contributed by atoms with van der Waals surface area (Å²) in [5.74, 6) is 0.377. The molecule has 0 spiro atoms. The third-order valence-corrected chi connectivity index (χ3v) is 4.20. The summed E-state index contributed by atoms with van der Waals surface area (Å²) < 4.78 is 0.